The third kappa shape index (κ3) is 3.70. The molecule has 0 spiro atoms. The molecule has 0 aromatic carbocycles. The summed E-state index contributed by atoms with van der Waals surface area (Å²) in [4.78, 5) is 14.3. The summed E-state index contributed by atoms with van der Waals surface area (Å²) in [7, 11) is 0. The number of pyridine rings is 2. The van der Waals surface area contributed by atoms with E-state index in [1.165, 1.54) is 69.2 Å². The standard InChI is InChI=1S/C25H30Cl2N4/c26-24-8-2-16(14-28-24)20-12-18-4-6-22(20)30(18)10-1-11-31-19-5-7-23(31)21(13-19)17-3-9-25(27)29-15-17/h2-3,8-9,14-15,18-23H,1,4-7,10-13H2. The lowest BCUT2D eigenvalue weighted by atomic mass is 9.85. The Morgan fingerprint density at radius 2 is 1.19 bits per heavy atom. The highest BCUT2D eigenvalue weighted by atomic mass is 35.5. The van der Waals surface area contributed by atoms with Gasteiger partial charge in [0.2, 0.25) is 0 Å². The van der Waals surface area contributed by atoms with Gasteiger partial charge in [0.1, 0.15) is 10.3 Å². The zero-order chi connectivity index (χ0) is 20.9. The lowest BCUT2D eigenvalue weighted by Crippen LogP contribution is -2.36. The summed E-state index contributed by atoms with van der Waals surface area (Å²) in [6.45, 7) is 2.46. The highest BCUT2D eigenvalue weighted by molar-refractivity contribution is 6.29. The zero-order valence-electron chi connectivity index (χ0n) is 17.8. The molecule has 4 saturated heterocycles. The first-order chi connectivity index (χ1) is 15.2. The fourth-order valence-electron chi connectivity index (χ4n) is 7.26. The fraction of sp³-hybridized carbons (Fsp3) is 0.600. The number of fused-ring (bicyclic) bond motifs is 4. The second-order valence-corrected chi connectivity index (χ2v) is 10.7. The van der Waals surface area contributed by atoms with E-state index in [1.807, 2.05) is 24.5 Å². The number of halogens is 2. The van der Waals surface area contributed by atoms with Gasteiger partial charge in [0.25, 0.3) is 0 Å². The Bertz CT molecular complexity index is 843. The molecule has 6 unspecified atom stereocenters. The number of aromatic nitrogens is 2. The van der Waals surface area contributed by atoms with Crippen LogP contribution in [0.25, 0.3) is 0 Å². The van der Waals surface area contributed by atoms with E-state index in [0.29, 0.717) is 34.2 Å². The summed E-state index contributed by atoms with van der Waals surface area (Å²) in [5.74, 6) is 1.27. The molecule has 0 amide bonds. The lowest BCUT2D eigenvalue weighted by molar-refractivity contribution is 0.200. The van der Waals surface area contributed by atoms with Crippen molar-refractivity contribution in [3.8, 4) is 0 Å². The van der Waals surface area contributed by atoms with Gasteiger partial charge in [-0.05, 0) is 81.3 Å². The lowest BCUT2D eigenvalue weighted by Gasteiger charge is -2.27. The van der Waals surface area contributed by atoms with Gasteiger partial charge in [-0.1, -0.05) is 35.3 Å². The van der Waals surface area contributed by atoms with E-state index < -0.39 is 0 Å². The van der Waals surface area contributed by atoms with Gasteiger partial charge in [-0.15, -0.1) is 0 Å². The molecule has 4 aliphatic rings. The van der Waals surface area contributed by atoms with Crippen LogP contribution in [0, 0.1) is 0 Å². The Labute approximate surface area is 195 Å². The maximum atomic E-state index is 6.01. The van der Waals surface area contributed by atoms with E-state index in [4.69, 9.17) is 23.2 Å². The van der Waals surface area contributed by atoms with Crippen LogP contribution in [0.2, 0.25) is 10.3 Å². The molecule has 0 N–H and O–H groups in total. The molecule has 6 rings (SSSR count). The summed E-state index contributed by atoms with van der Waals surface area (Å²) in [5.41, 5.74) is 2.75. The summed E-state index contributed by atoms with van der Waals surface area (Å²) in [5, 5.41) is 1.19. The fourth-order valence-corrected chi connectivity index (χ4v) is 7.49. The highest BCUT2D eigenvalue weighted by Crippen LogP contribution is 2.48. The highest BCUT2D eigenvalue weighted by Gasteiger charge is 2.48. The molecule has 6 heterocycles. The smallest absolute Gasteiger partial charge is 0.129 e. The molecule has 2 aromatic heterocycles. The van der Waals surface area contributed by atoms with E-state index in [-0.39, 0.29) is 0 Å². The number of rotatable bonds is 6. The van der Waals surface area contributed by atoms with Crippen molar-refractivity contribution in [2.24, 2.45) is 0 Å². The maximum Gasteiger partial charge on any atom is 0.129 e. The van der Waals surface area contributed by atoms with Crippen molar-refractivity contribution in [3.63, 3.8) is 0 Å². The second-order valence-electron chi connectivity index (χ2n) is 9.94. The van der Waals surface area contributed by atoms with Crippen LogP contribution in [0.1, 0.15) is 67.9 Å². The van der Waals surface area contributed by atoms with Crippen LogP contribution in [0.3, 0.4) is 0 Å². The summed E-state index contributed by atoms with van der Waals surface area (Å²) < 4.78 is 0. The molecule has 6 atom stereocenters. The Hall–Kier alpha value is -1.20. The van der Waals surface area contributed by atoms with Gasteiger partial charge >= 0.3 is 0 Å². The molecule has 0 saturated carbocycles. The summed E-state index contributed by atoms with van der Waals surface area (Å²) in [6.07, 6.45) is 13.2. The molecule has 164 valence electrons. The van der Waals surface area contributed by atoms with Gasteiger partial charge in [0.15, 0.2) is 0 Å². The largest absolute Gasteiger partial charge is 0.297 e. The molecule has 31 heavy (non-hydrogen) atoms. The maximum absolute atomic E-state index is 6.01. The van der Waals surface area contributed by atoms with Crippen LogP contribution in [0.15, 0.2) is 36.7 Å². The average molecular weight is 457 g/mol. The van der Waals surface area contributed by atoms with Crippen LogP contribution < -0.4 is 0 Å². The quantitative estimate of drug-likeness (QED) is 0.535. The predicted octanol–water partition coefficient (Wildman–Crippen LogP) is 5.51. The molecule has 4 aliphatic heterocycles. The zero-order valence-corrected chi connectivity index (χ0v) is 19.3. The average Bonchev–Trinajstić information content (AvgIpc) is 3.54. The second kappa shape index (κ2) is 8.30. The molecule has 4 bridgehead atoms. The van der Waals surface area contributed by atoms with E-state index in [9.17, 15) is 0 Å². The molecular formula is C25H30Cl2N4. The molecule has 2 aromatic rings. The Balaban J connectivity index is 1.07. The molecule has 4 fully saturated rings. The van der Waals surface area contributed by atoms with Crippen molar-refractivity contribution in [3.05, 3.63) is 58.1 Å². The number of nitrogens with zero attached hydrogens (tertiary/aromatic N) is 4. The van der Waals surface area contributed by atoms with Crippen LogP contribution >= 0.6 is 23.2 Å². The number of hydrogen-bond donors (Lipinski definition) is 0. The molecule has 4 nitrogen and oxygen atoms in total. The third-order valence-corrected chi connectivity index (χ3v) is 9.00. The first-order valence-corrected chi connectivity index (χ1v) is 12.7. The van der Waals surface area contributed by atoms with E-state index in [1.54, 1.807) is 0 Å². The van der Waals surface area contributed by atoms with Crippen molar-refractivity contribution in [2.45, 2.75) is 80.9 Å². The topological polar surface area (TPSA) is 32.3 Å². The SMILES string of the molecule is Clc1ccc(C2CC3CCC2N3CCCN2C3CCC2C(c2ccc(Cl)nc2)C3)cn1. The van der Waals surface area contributed by atoms with E-state index in [2.05, 4.69) is 31.9 Å². The van der Waals surface area contributed by atoms with Gasteiger partial charge in [0.05, 0.1) is 0 Å². The van der Waals surface area contributed by atoms with E-state index in [0.717, 1.165) is 12.1 Å². The van der Waals surface area contributed by atoms with Crippen molar-refractivity contribution in [2.75, 3.05) is 13.1 Å². The third-order valence-electron chi connectivity index (χ3n) is 8.55. The van der Waals surface area contributed by atoms with Gasteiger partial charge in [-0.2, -0.15) is 0 Å². The Morgan fingerprint density at radius 3 is 1.61 bits per heavy atom. The molecule has 0 aliphatic carbocycles. The van der Waals surface area contributed by atoms with Crippen molar-refractivity contribution in [1.82, 2.24) is 19.8 Å². The van der Waals surface area contributed by atoms with Gasteiger partial charge in [0, 0.05) is 48.4 Å². The molecular weight excluding hydrogens is 427 g/mol. The minimum Gasteiger partial charge on any atom is -0.297 e. The minimum absolute atomic E-state index is 0.594. The van der Waals surface area contributed by atoms with Crippen LogP contribution in [-0.2, 0) is 0 Å². The van der Waals surface area contributed by atoms with Crippen molar-refractivity contribution >= 4 is 23.2 Å². The minimum atomic E-state index is 0.594. The predicted molar refractivity (Wildman–Crippen MR) is 125 cm³/mol. The first-order valence-electron chi connectivity index (χ1n) is 11.9. The van der Waals surface area contributed by atoms with Crippen molar-refractivity contribution in [1.29, 1.82) is 0 Å². The summed E-state index contributed by atoms with van der Waals surface area (Å²) in [6, 6.07) is 11.2. The normalized spacial score (nSPS) is 34.8. The number of hydrogen-bond acceptors (Lipinski definition) is 4. The molecule has 6 heteroatoms. The van der Waals surface area contributed by atoms with Crippen LogP contribution in [-0.4, -0.2) is 57.0 Å². The summed E-state index contributed by atoms with van der Waals surface area (Å²) >= 11 is 12.0. The molecule has 0 radical (unpaired) electrons. The van der Waals surface area contributed by atoms with Gasteiger partial charge < -0.3 is 0 Å². The monoisotopic (exact) mass is 456 g/mol. The Morgan fingerprint density at radius 1 is 0.710 bits per heavy atom. The van der Waals surface area contributed by atoms with E-state index >= 15 is 0 Å². The Kier molecular flexibility index (Phi) is 5.46. The van der Waals surface area contributed by atoms with Crippen molar-refractivity contribution < 1.29 is 0 Å². The van der Waals surface area contributed by atoms with Gasteiger partial charge in [-0.25, -0.2) is 9.97 Å². The first kappa shape index (κ1) is 20.4. The van der Waals surface area contributed by atoms with Crippen LogP contribution in [0.5, 0.6) is 0 Å². The van der Waals surface area contributed by atoms with Crippen LogP contribution in [0.4, 0.5) is 0 Å². The van der Waals surface area contributed by atoms with Gasteiger partial charge in [-0.3, -0.25) is 9.80 Å².